The van der Waals surface area contributed by atoms with Crippen LogP contribution < -0.4 is 25.0 Å². The Morgan fingerprint density at radius 3 is 2.23 bits per heavy atom. The summed E-state index contributed by atoms with van der Waals surface area (Å²) in [4.78, 5) is 28.0. The van der Waals surface area contributed by atoms with E-state index < -0.39 is 0 Å². The van der Waals surface area contributed by atoms with Crippen molar-refractivity contribution in [3.05, 3.63) is 47.5 Å². The number of amides is 2. The predicted octanol–water partition coefficient (Wildman–Crippen LogP) is 4.09. The summed E-state index contributed by atoms with van der Waals surface area (Å²) in [6, 6.07) is 10.5. The van der Waals surface area contributed by atoms with Gasteiger partial charge < -0.3 is 25.0 Å². The first-order valence-electron chi connectivity index (χ1n) is 10.8. The van der Waals surface area contributed by atoms with Gasteiger partial charge in [-0.15, -0.1) is 0 Å². The Balaban J connectivity index is 1.87. The Labute approximate surface area is 183 Å². The minimum absolute atomic E-state index is 0.124. The van der Waals surface area contributed by atoms with Gasteiger partial charge in [-0.2, -0.15) is 0 Å². The standard InChI is InChI=1S/C24H31N3O4/c1-4-10-25-24(29)21-15-18(8-9-22(21)27-11-6-5-7-12-27)26-23(28)17-13-19(30-2)16-20(14-17)31-3/h8-9,13-16H,4-7,10-12H2,1-3H3,(H,25,29)(H,26,28). The van der Waals surface area contributed by atoms with E-state index in [-0.39, 0.29) is 11.8 Å². The van der Waals surface area contributed by atoms with Crippen molar-refractivity contribution >= 4 is 23.2 Å². The van der Waals surface area contributed by atoms with Gasteiger partial charge in [-0.1, -0.05) is 6.92 Å². The first-order valence-corrected chi connectivity index (χ1v) is 10.8. The largest absolute Gasteiger partial charge is 0.497 e. The van der Waals surface area contributed by atoms with Gasteiger partial charge in [-0.3, -0.25) is 9.59 Å². The summed E-state index contributed by atoms with van der Waals surface area (Å²) < 4.78 is 10.5. The molecule has 0 aromatic heterocycles. The lowest BCUT2D eigenvalue weighted by Gasteiger charge is -2.30. The van der Waals surface area contributed by atoms with Crippen molar-refractivity contribution in [2.75, 3.05) is 44.1 Å². The lowest BCUT2D eigenvalue weighted by atomic mass is 10.1. The molecule has 0 saturated carbocycles. The Morgan fingerprint density at radius 1 is 0.935 bits per heavy atom. The summed E-state index contributed by atoms with van der Waals surface area (Å²) >= 11 is 0. The minimum atomic E-state index is -0.303. The number of benzene rings is 2. The van der Waals surface area contributed by atoms with E-state index in [0.29, 0.717) is 34.9 Å². The van der Waals surface area contributed by atoms with E-state index >= 15 is 0 Å². The van der Waals surface area contributed by atoms with Crippen LogP contribution in [0.2, 0.25) is 0 Å². The summed E-state index contributed by atoms with van der Waals surface area (Å²) in [6.45, 7) is 4.50. The van der Waals surface area contributed by atoms with E-state index in [1.807, 2.05) is 19.1 Å². The van der Waals surface area contributed by atoms with Crippen molar-refractivity contribution < 1.29 is 19.1 Å². The molecule has 0 spiro atoms. The summed E-state index contributed by atoms with van der Waals surface area (Å²) in [5, 5.41) is 5.85. The molecule has 1 aliphatic rings. The molecule has 0 radical (unpaired) electrons. The molecule has 2 N–H and O–H groups in total. The molecule has 2 amide bonds. The second-order valence-corrected chi connectivity index (χ2v) is 7.59. The number of carbonyl (C=O) groups excluding carboxylic acids is 2. The molecular weight excluding hydrogens is 394 g/mol. The fraction of sp³-hybridized carbons (Fsp3) is 0.417. The van der Waals surface area contributed by atoms with Crippen molar-refractivity contribution in [2.24, 2.45) is 0 Å². The summed E-state index contributed by atoms with van der Waals surface area (Å²) in [7, 11) is 3.08. The van der Waals surface area contributed by atoms with Gasteiger partial charge in [0.15, 0.2) is 0 Å². The molecule has 2 aromatic carbocycles. The van der Waals surface area contributed by atoms with E-state index in [0.717, 1.165) is 38.0 Å². The highest BCUT2D eigenvalue weighted by atomic mass is 16.5. The highest BCUT2D eigenvalue weighted by Crippen LogP contribution is 2.28. The molecule has 3 rings (SSSR count). The molecule has 1 fully saturated rings. The van der Waals surface area contributed by atoms with Gasteiger partial charge in [-0.05, 0) is 56.0 Å². The molecule has 1 aliphatic heterocycles. The zero-order valence-corrected chi connectivity index (χ0v) is 18.5. The smallest absolute Gasteiger partial charge is 0.255 e. The van der Waals surface area contributed by atoms with Gasteiger partial charge in [0.2, 0.25) is 0 Å². The van der Waals surface area contributed by atoms with Crippen LogP contribution >= 0.6 is 0 Å². The molecule has 2 aromatic rings. The number of hydrogen-bond acceptors (Lipinski definition) is 5. The Morgan fingerprint density at radius 2 is 1.61 bits per heavy atom. The van der Waals surface area contributed by atoms with Crippen LogP contribution in [0.25, 0.3) is 0 Å². The third kappa shape index (κ3) is 5.69. The molecule has 31 heavy (non-hydrogen) atoms. The quantitative estimate of drug-likeness (QED) is 0.666. The normalized spacial score (nSPS) is 13.5. The predicted molar refractivity (Wildman–Crippen MR) is 123 cm³/mol. The van der Waals surface area contributed by atoms with Crippen LogP contribution in [0.4, 0.5) is 11.4 Å². The topological polar surface area (TPSA) is 79.9 Å². The van der Waals surface area contributed by atoms with Crippen LogP contribution in [0.15, 0.2) is 36.4 Å². The van der Waals surface area contributed by atoms with E-state index in [1.54, 1.807) is 24.3 Å². The SMILES string of the molecule is CCCNC(=O)c1cc(NC(=O)c2cc(OC)cc(OC)c2)ccc1N1CCCCC1. The third-order valence-corrected chi connectivity index (χ3v) is 5.34. The molecule has 0 unspecified atom stereocenters. The maximum absolute atomic E-state index is 12.9. The maximum atomic E-state index is 12.9. The van der Waals surface area contributed by atoms with E-state index in [2.05, 4.69) is 15.5 Å². The number of piperidine rings is 1. The fourth-order valence-electron chi connectivity index (χ4n) is 3.68. The van der Waals surface area contributed by atoms with Crippen molar-refractivity contribution in [1.82, 2.24) is 5.32 Å². The van der Waals surface area contributed by atoms with Gasteiger partial charge in [0.1, 0.15) is 11.5 Å². The van der Waals surface area contributed by atoms with Crippen molar-refractivity contribution in [1.29, 1.82) is 0 Å². The van der Waals surface area contributed by atoms with E-state index in [9.17, 15) is 9.59 Å². The second kappa shape index (κ2) is 10.7. The van der Waals surface area contributed by atoms with Crippen LogP contribution in [0.5, 0.6) is 11.5 Å². The Kier molecular flexibility index (Phi) is 7.76. The molecular formula is C24H31N3O4. The van der Waals surface area contributed by atoms with E-state index in [1.165, 1.54) is 20.6 Å². The number of ether oxygens (including phenoxy) is 2. The van der Waals surface area contributed by atoms with Gasteiger partial charge in [0.25, 0.3) is 11.8 Å². The first-order chi connectivity index (χ1) is 15.0. The number of carbonyl (C=O) groups is 2. The van der Waals surface area contributed by atoms with Crippen LogP contribution in [-0.4, -0.2) is 45.7 Å². The average Bonchev–Trinajstić information content (AvgIpc) is 2.82. The zero-order valence-electron chi connectivity index (χ0n) is 18.5. The molecule has 1 saturated heterocycles. The highest BCUT2D eigenvalue weighted by molar-refractivity contribution is 6.06. The van der Waals surface area contributed by atoms with Crippen LogP contribution in [-0.2, 0) is 0 Å². The van der Waals surface area contributed by atoms with Gasteiger partial charge >= 0.3 is 0 Å². The lowest BCUT2D eigenvalue weighted by molar-refractivity contribution is 0.0952. The Bertz CT molecular complexity index is 901. The monoisotopic (exact) mass is 425 g/mol. The van der Waals surface area contributed by atoms with Crippen LogP contribution in [0, 0.1) is 0 Å². The summed E-state index contributed by atoms with van der Waals surface area (Å²) in [5.74, 6) is 0.638. The highest BCUT2D eigenvalue weighted by Gasteiger charge is 2.20. The summed E-state index contributed by atoms with van der Waals surface area (Å²) in [5.41, 5.74) is 2.47. The van der Waals surface area contributed by atoms with Crippen molar-refractivity contribution in [3.63, 3.8) is 0 Å². The van der Waals surface area contributed by atoms with Crippen molar-refractivity contribution in [3.8, 4) is 11.5 Å². The number of nitrogens with zero attached hydrogens (tertiary/aromatic N) is 1. The first kappa shape index (κ1) is 22.5. The lowest BCUT2D eigenvalue weighted by Crippen LogP contribution is -2.33. The zero-order chi connectivity index (χ0) is 22.2. The molecule has 0 bridgehead atoms. The fourth-order valence-corrected chi connectivity index (χ4v) is 3.68. The van der Waals surface area contributed by atoms with Crippen LogP contribution in [0.1, 0.15) is 53.3 Å². The number of methoxy groups -OCH3 is 2. The maximum Gasteiger partial charge on any atom is 0.255 e. The van der Waals surface area contributed by atoms with Gasteiger partial charge in [-0.25, -0.2) is 0 Å². The van der Waals surface area contributed by atoms with Crippen LogP contribution in [0.3, 0.4) is 0 Å². The molecule has 7 nitrogen and oxygen atoms in total. The van der Waals surface area contributed by atoms with Gasteiger partial charge in [0, 0.05) is 42.6 Å². The summed E-state index contributed by atoms with van der Waals surface area (Å²) in [6.07, 6.45) is 4.31. The number of anilines is 2. The third-order valence-electron chi connectivity index (χ3n) is 5.34. The molecule has 0 aliphatic carbocycles. The second-order valence-electron chi connectivity index (χ2n) is 7.59. The molecule has 0 atom stereocenters. The Hall–Kier alpha value is -3.22. The number of rotatable bonds is 8. The molecule has 166 valence electrons. The number of nitrogens with one attached hydrogen (secondary N) is 2. The van der Waals surface area contributed by atoms with E-state index in [4.69, 9.17) is 9.47 Å². The average molecular weight is 426 g/mol. The van der Waals surface area contributed by atoms with Gasteiger partial charge in [0.05, 0.1) is 19.8 Å². The van der Waals surface area contributed by atoms with Crippen molar-refractivity contribution in [2.45, 2.75) is 32.6 Å². The minimum Gasteiger partial charge on any atom is -0.497 e. The molecule has 7 heteroatoms. The molecule has 1 heterocycles. The number of hydrogen-bond donors (Lipinski definition) is 2.